The van der Waals surface area contributed by atoms with E-state index in [1.54, 1.807) is 56.5 Å². The lowest BCUT2D eigenvalue weighted by molar-refractivity contribution is -0.144. The normalized spacial score (nSPS) is 12.7. The summed E-state index contributed by atoms with van der Waals surface area (Å²) in [6.07, 6.45) is 4.18. The molecular weight excluding hydrogens is 506 g/mol. The molecule has 3 amide bonds. The summed E-state index contributed by atoms with van der Waals surface area (Å²) in [5, 5.41) is 5.54. The van der Waals surface area contributed by atoms with E-state index in [9.17, 15) is 19.2 Å². The molecule has 1 aromatic carbocycles. The zero-order chi connectivity index (χ0) is 28.6. The molecule has 2 unspecified atom stereocenters. The van der Waals surface area contributed by atoms with Crippen molar-refractivity contribution in [1.82, 2.24) is 15.5 Å². The minimum atomic E-state index is -0.931. The SMILES string of the molecule is CCCCCN(C(=O)C(CCSC)NC(=O)OC(C)(C)C)C(C(=O)NCCC(=O)OCC)c1ccccc1. The minimum Gasteiger partial charge on any atom is -0.466 e. The highest BCUT2D eigenvalue weighted by molar-refractivity contribution is 7.98. The molecule has 9 nitrogen and oxygen atoms in total. The molecule has 1 aromatic rings. The number of carbonyl (C=O) groups excluding carboxylic acids is 4. The van der Waals surface area contributed by atoms with Crippen LogP contribution in [0.5, 0.6) is 0 Å². The first-order valence-corrected chi connectivity index (χ1v) is 14.7. The topological polar surface area (TPSA) is 114 Å². The molecule has 0 bridgehead atoms. The molecule has 0 aliphatic heterocycles. The van der Waals surface area contributed by atoms with E-state index in [2.05, 4.69) is 17.6 Å². The average molecular weight is 552 g/mol. The number of unbranched alkanes of at least 4 members (excludes halogenated alkanes) is 2. The molecule has 0 fully saturated rings. The van der Waals surface area contributed by atoms with Crippen molar-refractivity contribution in [3.05, 3.63) is 35.9 Å². The number of nitrogens with one attached hydrogen (secondary N) is 2. The van der Waals surface area contributed by atoms with Gasteiger partial charge < -0.3 is 25.0 Å². The largest absolute Gasteiger partial charge is 0.466 e. The fourth-order valence-corrected chi connectivity index (χ4v) is 4.24. The lowest BCUT2D eigenvalue weighted by Gasteiger charge is -2.34. The number of hydrogen-bond donors (Lipinski definition) is 2. The summed E-state index contributed by atoms with van der Waals surface area (Å²) >= 11 is 1.56. The Kier molecular flexibility index (Phi) is 15.5. The van der Waals surface area contributed by atoms with Crippen LogP contribution in [0.2, 0.25) is 0 Å². The van der Waals surface area contributed by atoms with Crippen LogP contribution in [0.3, 0.4) is 0 Å². The molecule has 0 saturated carbocycles. The summed E-state index contributed by atoms with van der Waals surface area (Å²) in [6.45, 7) is 9.75. The Bertz CT molecular complexity index is 875. The summed E-state index contributed by atoms with van der Waals surface area (Å²) in [6, 6.07) is 7.27. The number of hydrogen-bond acceptors (Lipinski definition) is 7. The zero-order valence-corrected chi connectivity index (χ0v) is 24.5. The van der Waals surface area contributed by atoms with Gasteiger partial charge in [0.05, 0.1) is 13.0 Å². The van der Waals surface area contributed by atoms with Gasteiger partial charge in [0.25, 0.3) is 0 Å². The van der Waals surface area contributed by atoms with Gasteiger partial charge in [-0.1, -0.05) is 50.1 Å². The second-order valence-corrected chi connectivity index (χ2v) is 10.9. The highest BCUT2D eigenvalue weighted by Crippen LogP contribution is 2.24. The second-order valence-electron chi connectivity index (χ2n) is 9.88. The number of nitrogens with zero attached hydrogens (tertiary/aromatic N) is 1. The molecule has 2 N–H and O–H groups in total. The molecule has 1 rings (SSSR count). The van der Waals surface area contributed by atoms with E-state index in [0.29, 0.717) is 30.7 Å². The molecule has 2 atom stereocenters. The van der Waals surface area contributed by atoms with E-state index >= 15 is 0 Å². The summed E-state index contributed by atoms with van der Waals surface area (Å²) in [5.41, 5.74) is -0.0736. The van der Waals surface area contributed by atoms with Gasteiger partial charge in [0.2, 0.25) is 11.8 Å². The maximum Gasteiger partial charge on any atom is 0.408 e. The van der Waals surface area contributed by atoms with Crippen molar-refractivity contribution in [2.24, 2.45) is 0 Å². The maximum absolute atomic E-state index is 14.0. The lowest BCUT2D eigenvalue weighted by atomic mass is 10.0. The van der Waals surface area contributed by atoms with Crippen LogP contribution < -0.4 is 10.6 Å². The van der Waals surface area contributed by atoms with E-state index < -0.39 is 35.7 Å². The predicted molar refractivity (Wildman–Crippen MR) is 151 cm³/mol. The molecule has 214 valence electrons. The molecule has 10 heteroatoms. The van der Waals surface area contributed by atoms with Gasteiger partial charge in [0, 0.05) is 13.1 Å². The van der Waals surface area contributed by atoms with Crippen molar-refractivity contribution >= 4 is 35.6 Å². The molecule has 38 heavy (non-hydrogen) atoms. The van der Waals surface area contributed by atoms with Gasteiger partial charge >= 0.3 is 12.1 Å². The van der Waals surface area contributed by atoms with E-state index in [1.807, 2.05) is 24.5 Å². The molecule has 0 heterocycles. The van der Waals surface area contributed by atoms with Crippen molar-refractivity contribution in [2.45, 2.75) is 84.4 Å². The van der Waals surface area contributed by atoms with Gasteiger partial charge in [0.15, 0.2) is 0 Å². The first kappa shape index (κ1) is 33.3. The van der Waals surface area contributed by atoms with Crippen molar-refractivity contribution < 1.29 is 28.7 Å². The van der Waals surface area contributed by atoms with Gasteiger partial charge in [-0.05, 0) is 58.1 Å². The standard InChI is InChI=1S/C28H45N3O6S/c1-7-9-13-19-31(26(34)22(17-20-38-6)30-27(35)37-28(3,4)5)24(21-14-11-10-12-15-21)25(33)29-18-16-23(32)36-8-2/h10-12,14-15,22,24H,7-9,13,16-20H2,1-6H3,(H,29,33)(H,30,35). The first-order valence-electron chi connectivity index (χ1n) is 13.3. The molecule has 0 aromatic heterocycles. The van der Waals surface area contributed by atoms with Crippen LogP contribution in [0.15, 0.2) is 30.3 Å². The highest BCUT2D eigenvalue weighted by atomic mass is 32.2. The number of ether oxygens (including phenoxy) is 2. The Balaban J connectivity index is 3.32. The average Bonchev–Trinajstić information content (AvgIpc) is 2.85. The van der Waals surface area contributed by atoms with E-state index in [0.717, 1.165) is 12.8 Å². The number of esters is 1. The van der Waals surface area contributed by atoms with Crippen LogP contribution in [-0.2, 0) is 23.9 Å². The Morgan fingerprint density at radius 1 is 1.05 bits per heavy atom. The van der Waals surface area contributed by atoms with Crippen molar-refractivity contribution in [3.63, 3.8) is 0 Å². The summed E-state index contributed by atoms with van der Waals surface area (Å²) < 4.78 is 10.4. The number of thioether (sulfide) groups is 1. The summed E-state index contributed by atoms with van der Waals surface area (Å²) in [4.78, 5) is 53.5. The molecule has 0 aliphatic carbocycles. The molecule has 0 radical (unpaired) electrons. The van der Waals surface area contributed by atoms with Crippen molar-refractivity contribution in [1.29, 1.82) is 0 Å². The second kappa shape index (κ2) is 17.7. The summed E-state index contributed by atoms with van der Waals surface area (Å²) in [5.74, 6) is -0.517. The Morgan fingerprint density at radius 3 is 2.32 bits per heavy atom. The third-order valence-corrected chi connectivity index (χ3v) is 6.14. The molecule has 0 saturated heterocycles. The zero-order valence-electron chi connectivity index (χ0n) is 23.7. The maximum atomic E-state index is 14.0. The Morgan fingerprint density at radius 2 is 1.74 bits per heavy atom. The smallest absolute Gasteiger partial charge is 0.408 e. The third-order valence-electron chi connectivity index (χ3n) is 5.49. The van der Waals surface area contributed by atoms with Crippen LogP contribution >= 0.6 is 11.8 Å². The van der Waals surface area contributed by atoms with E-state index in [-0.39, 0.29) is 25.5 Å². The van der Waals surface area contributed by atoms with Crippen molar-refractivity contribution in [3.8, 4) is 0 Å². The van der Waals surface area contributed by atoms with Gasteiger partial charge in [-0.25, -0.2) is 4.79 Å². The molecule has 0 spiro atoms. The molecular formula is C28H45N3O6S. The number of amides is 3. The fourth-order valence-electron chi connectivity index (χ4n) is 3.77. The third kappa shape index (κ3) is 12.7. The fraction of sp³-hybridized carbons (Fsp3) is 0.643. The van der Waals surface area contributed by atoms with Crippen LogP contribution in [-0.4, -0.2) is 72.1 Å². The molecule has 0 aliphatic rings. The monoisotopic (exact) mass is 551 g/mol. The van der Waals surface area contributed by atoms with E-state index in [1.165, 1.54) is 0 Å². The number of benzene rings is 1. The minimum absolute atomic E-state index is 0.0292. The summed E-state index contributed by atoms with van der Waals surface area (Å²) in [7, 11) is 0. The van der Waals surface area contributed by atoms with E-state index in [4.69, 9.17) is 9.47 Å². The van der Waals surface area contributed by atoms with Crippen molar-refractivity contribution in [2.75, 3.05) is 31.7 Å². The van der Waals surface area contributed by atoms with Crippen LogP contribution in [0.4, 0.5) is 4.79 Å². The van der Waals surface area contributed by atoms with Gasteiger partial charge in [-0.2, -0.15) is 11.8 Å². The lowest BCUT2D eigenvalue weighted by Crippen LogP contribution is -2.53. The quantitative estimate of drug-likeness (QED) is 0.230. The van der Waals surface area contributed by atoms with Gasteiger partial charge in [-0.15, -0.1) is 0 Å². The highest BCUT2D eigenvalue weighted by Gasteiger charge is 2.35. The first-order chi connectivity index (χ1) is 18.0. The Labute approximate surface area is 231 Å². The van der Waals surface area contributed by atoms with Crippen LogP contribution in [0.25, 0.3) is 0 Å². The number of carbonyl (C=O) groups is 4. The van der Waals surface area contributed by atoms with Crippen LogP contribution in [0, 0.1) is 0 Å². The van der Waals surface area contributed by atoms with Gasteiger partial charge in [-0.3, -0.25) is 14.4 Å². The Hall–Kier alpha value is -2.75. The number of alkyl carbamates (subject to hydrolysis) is 1. The number of rotatable bonds is 16. The predicted octanol–water partition coefficient (Wildman–Crippen LogP) is 4.46. The van der Waals surface area contributed by atoms with Crippen LogP contribution in [0.1, 0.15) is 78.3 Å². The van der Waals surface area contributed by atoms with Gasteiger partial charge in [0.1, 0.15) is 17.7 Å².